The van der Waals surface area contributed by atoms with Gasteiger partial charge < -0.3 is 4.81 Å². The van der Waals surface area contributed by atoms with E-state index in [1.807, 2.05) is 6.92 Å². The Labute approximate surface area is 77.0 Å². The van der Waals surface area contributed by atoms with E-state index in [1.54, 1.807) is 0 Å². The topological polar surface area (TPSA) is 18.5 Å². The largest absolute Gasteiger partial charge is 0.338 e. The SMILES string of the molecule is [B]OOC(C)CCCCCCC. The van der Waals surface area contributed by atoms with Gasteiger partial charge in [-0.15, -0.1) is 0 Å². The molecule has 70 valence electrons. The van der Waals surface area contributed by atoms with E-state index in [9.17, 15) is 0 Å². The Kier molecular flexibility index (Phi) is 9.06. The lowest BCUT2D eigenvalue weighted by Gasteiger charge is -2.09. The van der Waals surface area contributed by atoms with E-state index in [2.05, 4.69) is 11.7 Å². The lowest BCUT2D eigenvalue weighted by Crippen LogP contribution is -2.07. The van der Waals surface area contributed by atoms with Crippen LogP contribution in [-0.2, 0) is 9.69 Å². The van der Waals surface area contributed by atoms with E-state index in [4.69, 9.17) is 12.9 Å². The number of rotatable bonds is 8. The molecule has 0 heterocycles. The maximum atomic E-state index is 4.76. The first-order chi connectivity index (χ1) is 5.81. The van der Waals surface area contributed by atoms with Crippen LogP contribution >= 0.6 is 0 Å². The van der Waals surface area contributed by atoms with E-state index < -0.39 is 0 Å². The Bertz CT molecular complexity index is 88.6. The fourth-order valence-corrected chi connectivity index (χ4v) is 1.18. The lowest BCUT2D eigenvalue weighted by atomic mass is 10.1. The highest BCUT2D eigenvalue weighted by molar-refractivity contribution is 5.97. The summed E-state index contributed by atoms with van der Waals surface area (Å²) in [5.74, 6) is 0. The Hall–Kier alpha value is -0.0151. The fraction of sp³-hybridized carbons (Fsp3) is 1.00. The summed E-state index contributed by atoms with van der Waals surface area (Å²) in [4.78, 5) is 8.81. The monoisotopic (exact) mass is 170 g/mol. The molecule has 3 heteroatoms. The molecule has 12 heavy (non-hydrogen) atoms. The Balaban J connectivity index is 2.97. The molecule has 0 aromatic carbocycles. The highest BCUT2D eigenvalue weighted by Gasteiger charge is 2.00. The highest BCUT2D eigenvalue weighted by Crippen LogP contribution is 2.08. The minimum atomic E-state index is 0.122. The van der Waals surface area contributed by atoms with Crippen LogP contribution in [0.5, 0.6) is 0 Å². The molecule has 0 aromatic heterocycles. The summed E-state index contributed by atoms with van der Waals surface area (Å²) in [6.45, 7) is 4.18. The molecular formula is C9H19BO2. The molecule has 2 radical (unpaired) electrons. The first-order valence-electron chi connectivity index (χ1n) is 4.83. The van der Waals surface area contributed by atoms with E-state index in [0.717, 1.165) is 6.42 Å². The molecule has 0 aromatic rings. The average molecular weight is 170 g/mol. The third-order valence-electron chi connectivity index (χ3n) is 1.93. The predicted molar refractivity (Wildman–Crippen MR) is 50.8 cm³/mol. The van der Waals surface area contributed by atoms with E-state index in [1.165, 1.54) is 32.1 Å². The molecule has 0 amide bonds. The minimum Gasteiger partial charge on any atom is -0.318 e. The van der Waals surface area contributed by atoms with Gasteiger partial charge in [0.15, 0.2) is 0 Å². The molecule has 0 aliphatic heterocycles. The van der Waals surface area contributed by atoms with Gasteiger partial charge in [-0.05, 0) is 13.3 Å². The van der Waals surface area contributed by atoms with Crippen LogP contribution in [0.1, 0.15) is 52.4 Å². The van der Waals surface area contributed by atoms with Crippen LogP contribution < -0.4 is 0 Å². The van der Waals surface area contributed by atoms with E-state index in [-0.39, 0.29) is 6.10 Å². The van der Waals surface area contributed by atoms with Crippen LogP contribution in [0.2, 0.25) is 0 Å². The normalized spacial score (nSPS) is 13.2. The number of hydrogen-bond acceptors (Lipinski definition) is 2. The third kappa shape index (κ3) is 8.09. The zero-order chi connectivity index (χ0) is 9.23. The van der Waals surface area contributed by atoms with Gasteiger partial charge in [-0.2, -0.15) is 0 Å². The van der Waals surface area contributed by atoms with Gasteiger partial charge in [0.05, 0.1) is 6.10 Å². The summed E-state index contributed by atoms with van der Waals surface area (Å²) in [6, 6.07) is 0. The minimum absolute atomic E-state index is 0.122. The quantitative estimate of drug-likeness (QED) is 0.241. The Morgan fingerprint density at radius 2 is 1.83 bits per heavy atom. The van der Waals surface area contributed by atoms with Crippen LogP contribution in [0.25, 0.3) is 0 Å². The van der Waals surface area contributed by atoms with Gasteiger partial charge in [0.2, 0.25) is 0 Å². The summed E-state index contributed by atoms with van der Waals surface area (Å²) in [5.41, 5.74) is 0. The van der Waals surface area contributed by atoms with Crippen molar-refractivity contribution in [2.75, 3.05) is 0 Å². The van der Waals surface area contributed by atoms with Crippen molar-refractivity contribution < 1.29 is 9.69 Å². The summed E-state index contributed by atoms with van der Waals surface area (Å²) in [7, 11) is 4.76. The van der Waals surface area contributed by atoms with Gasteiger partial charge in [-0.3, -0.25) is 4.89 Å². The van der Waals surface area contributed by atoms with Crippen LogP contribution in [-0.4, -0.2) is 14.2 Å². The standard InChI is InChI=1S/C9H19BO2/c1-3-4-5-6-7-8-9(2)11-12-10/h9H,3-8H2,1-2H3. The molecule has 0 fully saturated rings. The van der Waals surface area contributed by atoms with Crippen molar-refractivity contribution in [2.24, 2.45) is 0 Å². The summed E-state index contributed by atoms with van der Waals surface area (Å²) >= 11 is 0. The second-order valence-electron chi connectivity index (χ2n) is 3.21. The van der Waals surface area contributed by atoms with Crippen molar-refractivity contribution >= 4 is 8.05 Å². The van der Waals surface area contributed by atoms with Crippen molar-refractivity contribution in [3.8, 4) is 0 Å². The lowest BCUT2D eigenvalue weighted by molar-refractivity contribution is -0.239. The molecule has 0 spiro atoms. The smallest absolute Gasteiger partial charge is 0.318 e. The molecule has 0 bridgehead atoms. The molecular weight excluding hydrogens is 151 g/mol. The van der Waals surface area contributed by atoms with Gasteiger partial charge in [0.1, 0.15) is 0 Å². The van der Waals surface area contributed by atoms with Crippen LogP contribution in [0.4, 0.5) is 0 Å². The first-order valence-corrected chi connectivity index (χ1v) is 4.83. The second-order valence-corrected chi connectivity index (χ2v) is 3.21. The molecule has 0 saturated heterocycles. The summed E-state index contributed by atoms with van der Waals surface area (Å²) in [5, 5.41) is 0. The van der Waals surface area contributed by atoms with Gasteiger partial charge in [-0.25, -0.2) is 0 Å². The zero-order valence-electron chi connectivity index (χ0n) is 8.21. The van der Waals surface area contributed by atoms with Crippen molar-refractivity contribution in [2.45, 2.75) is 58.5 Å². The number of unbranched alkanes of at least 4 members (excludes halogenated alkanes) is 4. The number of hydrogen-bond donors (Lipinski definition) is 0. The molecule has 0 aliphatic rings. The van der Waals surface area contributed by atoms with Crippen molar-refractivity contribution in [3.63, 3.8) is 0 Å². The van der Waals surface area contributed by atoms with Gasteiger partial charge in [0.25, 0.3) is 0 Å². The molecule has 0 aliphatic carbocycles. The average Bonchev–Trinajstić information content (AvgIpc) is 2.05. The maximum Gasteiger partial charge on any atom is 0.338 e. The Morgan fingerprint density at radius 1 is 1.17 bits per heavy atom. The van der Waals surface area contributed by atoms with Crippen LogP contribution in [0.3, 0.4) is 0 Å². The molecule has 1 atom stereocenters. The van der Waals surface area contributed by atoms with Gasteiger partial charge in [0, 0.05) is 0 Å². The van der Waals surface area contributed by atoms with Crippen molar-refractivity contribution in [3.05, 3.63) is 0 Å². The summed E-state index contributed by atoms with van der Waals surface area (Å²) in [6.07, 6.45) is 7.59. The van der Waals surface area contributed by atoms with Crippen molar-refractivity contribution in [1.29, 1.82) is 0 Å². The van der Waals surface area contributed by atoms with E-state index >= 15 is 0 Å². The van der Waals surface area contributed by atoms with Gasteiger partial charge >= 0.3 is 8.05 Å². The first kappa shape index (κ1) is 12.0. The van der Waals surface area contributed by atoms with Crippen molar-refractivity contribution in [1.82, 2.24) is 0 Å². The fourth-order valence-electron chi connectivity index (χ4n) is 1.18. The molecule has 0 saturated carbocycles. The third-order valence-corrected chi connectivity index (χ3v) is 1.93. The second kappa shape index (κ2) is 9.08. The van der Waals surface area contributed by atoms with Gasteiger partial charge in [-0.1, -0.05) is 39.0 Å². The van der Waals surface area contributed by atoms with E-state index in [0.29, 0.717) is 0 Å². The Morgan fingerprint density at radius 3 is 2.42 bits per heavy atom. The maximum absolute atomic E-state index is 4.76. The highest BCUT2D eigenvalue weighted by atomic mass is 17.2. The molecule has 2 nitrogen and oxygen atoms in total. The zero-order valence-corrected chi connectivity index (χ0v) is 8.21. The molecule has 0 N–H and O–H groups in total. The predicted octanol–water partition coefficient (Wildman–Crippen LogP) is 2.77. The molecule has 0 rings (SSSR count). The van der Waals surface area contributed by atoms with Crippen LogP contribution in [0.15, 0.2) is 0 Å². The molecule has 1 unspecified atom stereocenters. The van der Waals surface area contributed by atoms with Crippen LogP contribution in [0, 0.1) is 0 Å². The summed E-state index contributed by atoms with van der Waals surface area (Å²) < 4.78 is 0.